The van der Waals surface area contributed by atoms with Crippen molar-refractivity contribution in [3.63, 3.8) is 0 Å². The van der Waals surface area contributed by atoms with Gasteiger partial charge in [-0.3, -0.25) is 4.79 Å². The van der Waals surface area contributed by atoms with Crippen LogP contribution in [-0.2, 0) is 11.2 Å². The molecule has 1 saturated carbocycles. The van der Waals surface area contributed by atoms with Crippen LogP contribution in [0.4, 0.5) is 22.7 Å². The van der Waals surface area contributed by atoms with E-state index >= 15 is 0 Å². The summed E-state index contributed by atoms with van der Waals surface area (Å²) in [6.07, 6.45) is 16.9. The highest BCUT2D eigenvalue weighted by Gasteiger charge is 2.27. The summed E-state index contributed by atoms with van der Waals surface area (Å²) < 4.78 is 5.69. The molecule has 0 saturated heterocycles. The van der Waals surface area contributed by atoms with Gasteiger partial charge in [0.1, 0.15) is 5.75 Å². The average Bonchev–Trinajstić information content (AvgIpc) is 3.05. The molecule has 0 unspecified atom stereocenters. The molecule has 0 aromatic heterocycles. The molecule has 4 rings (SSSR count). The van der Waals surface area contributed by atoms with Crippen LogP contribution < -0.4 is 4.74 Å². The molecule has 0 aliphatic heterocycles. The predicted octanol–water partition coefficient (Wildman–Crippen LogP) is 12.3. The van der Waals surface area contributed by atoms with Gasteiger partial charge in [-0.2, -0.15) is 20.5 Å². The number of esters is 1. The predicted molar refractivity (Wildman–Crippen MR) is 175 cm³/mol. The van der Waals surface area contributed by atoms with Gasteiger partial charge in [-0.25, -0.2) is 0 Å². The Hall–Kier alpha value is -3.67. The van der Waals surface area contributed by atoms with E-state index < -0.39 is 0 Å². The van der Waals surface area contributed by atoms with Crippen LogP contribution in [0.25, 0.3) is 0 Å². The summed E-state index contributed by atoms with van der Waals surface area (Å²) in [7, 11) is 0. The van der Waals surface area contributed by atoms with Gasteiger partial charge < -0.3 is 4.74 Å². The Morgan fingerprint density at radius 1 is 0.605 bits per heavy atom. The van der Waals surface area contributed by atoms with E-state index in [1.807, 2.05) is 48.5 Å². The molecule has 228 valence electrons. The fourth-order valence-corrected chi connectivity index (χ4v) is 5.63. The first-order valence-electron chi connectivity index (χ1n) is 16.5. The van der Waals surface area contributed by atoms with Crippen molar-refractivity contribution in [2.45, 2.75) is 104 Å². The lowest BCUT2D eigenvalue weighted by molar-refractivity contribution is -0.140. The Labute approximate surface area is 258 Å². The largest absolute Gasteiger partial charge is 0.426 e. The minimum Gasteiger partial charge on any atom is -0.426 e. The Morgan fingerprint density at radius 3 is 1.58 bits per heavy atom. The summed E-state index contributed by atoms with van der Waals surface area (Å²) >= 11 is 0. The maximum Gasteiger partial charge on any atom is 0.314 e. The maximum atomic E-state index is 12.7. The molecule has 43 heavy (non-hydrogen) atoms. The van der Waals surface area contributed by atoms with Crippen molar-refractivity contribution >= 4 is 28.7 Å². The van der Waals surface area contributed by atoms with Gasteiger partial charge in [-0.1, -0.05) is 77.3 Å². The molecule has 6 nitrogen and oxygen atoms in total. The molecule has 0 N–H and O–H groups in total. The van der Waals surface area contributed by atoms with E-state index in [0.717, 1.165) is 55.1 Å². The van der Waals surface area contributed by atoms with Gasteiger partial charge in [-0.15, -0.1) is 0 Å². The smallest absolute Gasteiger partial charge is 0.314 e. The zero-order valence-corrected chi connectivity index (χ0v) is 26.1. The highest BCUT2D eigenvalue weighted by atomic mass is 16.5. The van der Waals surface area contributed by atoms with Crippen LogP contribution in [0.1, 0.15) is 103 Å². The molecule has 0 amide bonds. The maximum absolute atomic E-state index is 12.7. The van der Waals surface area contributed by atoms with Crippen LogP contribution in [0.2, 0.25) is 0 Å². The Balaban J connectivity index is 1.19. The first-order valence-corrected chi connectivity index (χ1v) is 16.5. The number of carbonyl (C=O) groups is 1. The SMILES string of the molecule is CCCCCCc1ccc(N=Nc2ccc(N=Nc3ccc(OC(=O)C4CCC(CCCCCC)CC4)cc3)cc2)cc1. The first-order chi connectivity index (χ1) is 21.1. The molecular weight excluding hydrogens is 532 g/mol. The van der Waals surface area contributed by atoms with Gasteiger partial charge in [-0.05, 0) is 111 Å². The fraction of sp³-hybridized carbons (Fsp3) is 0.486. The Morgan fingerprint density at radius 2 is 1.07 bits per heavy atom. The number of ether oxygens (including phenoxy) is 1. The van der Waals surface area contributed by atoms with E-state index in [9.17, 15) is 4.79 Å². The zero-order chi connectivity index (χ0) is 30.1. The topological polar surface area (TPSA) is 75.7 Å². The summed E-state index contributed by atoms with van der Waals surface area (Å²) in [5, 5.41) is 17.4. The highest BCUT2D eigenvalue weighted by Crippen LogP contribution is 2.33. The normalized spacial score (nSPS) is 17.1. The number of benzene rings is 3. The van der Waals surface area contributed by atoms with Crippen molar-refractivity contribution < 1.29 is 9.53 Å². The lowest BCUT2D eigenvalue weighted by Gasteiger charge is -2.27. The van der Waals surface area contributed by atoms with Gasteiger partial charge in [0.25, 0.3) is 0 Å². The second kappa shape index (κ2) is 18.1. The van der Waals surface area contributed by atoms with Crippen molar-refractivity contribution in [1.82, 2.24) is 0 Å². The second-order valence-electron chi connectivity index (χ2n) is 11.9. The van der Waals surface area contributed by atoms with E-state index in [4.69, 9.17) is 4.74 Å². The van der Waals surface area contributed by atoms with Crippen LogP contribution in [0, 0.1) is 11.8 Å². The first kappa shape index (κ1) is 32.2. The van der Waals surface area contributed by atoms with Gasteiger partial charge in [0.05, 0.1) is 28.7 Å². The Bertz CT molecular complexity index is 1280. The number of unbranched alkanes of at least 4 members (excludes halogenated alkanes) is 6. The standard InChI is InChI=1S/C37H48N4O2/c1-3-5-7-9-11-29-13-17-31(18-14-29)37(42)43-36-27-25-35(26-28-36)41-40-34-23-21-33(22-24-34)39-38-32-19-15-30(16-20-32)12-10-8-6-4-2/h15-16,19-29,31H,3-14,17-18H2,1-2H3. The summed E-state index contributed by atoms with van der Waals surface area (Å²) in [5.74, 6) is 1.24. The minimum atomic E-state index is -0.106. The highest BCUT2D eigenvalue weighted by molar-refractivity contribution is 5.75. The van der Waals surface area contributed by atoms with Gasteiger partial charge >= 0.3 is 5.97 Å². The molecule has 1 fully saturated rings. The third-order valence-electron chi connectivity index (χ3n) is 8.37. The number of rotatable bonds is 16. The van der Waals surface area contributed by atoms with E-state index in [-0.39, 0.29) is 11.9 Å². The molecule has 1 aliphatic rings. The molecule has 3 aromatic carbocycles. The zero-order valence-electron chi connectivity index (χ0n) is 26.1. The minimum absolute atomic E-state index is 0.0133. The molecule has 0 heterocycles. The van der Waals surface area contributed by atoms with Crippen LogP contribution in [0.15, 0.2) is 93.3 Å². The molecule has 0 atom stereocenters. The average molecular weight is 581 g/mol. The lowest BCUT2D eigenvalue weighted by Crippen LogP contribution is -2.25. The number of hydrogen-bond acceptors (Lipinski definition) is 6. The van der Waals surface area contributed by atoms with Crippen LogP contribution >= 0.6 is 0 Å². The van der Waals surface area contributed by atoms with Crippen molar-refractivity contribution in [1.29, 1.82) is 0 Å². The third-order valence-corrected chi connectivity index (χ3v) is 8.37. The monoisotopic (exact) mass is 580 g/mol. The van der Waals surface area contributed by atoms with Crippen LogP contribution in [-0.4, -0.2) is 5.97 Å². The van der Waals surface area contributed by atoms with Crippen molar-refractivity contribution in [2.24, 2.45) is 32.3 Å². The van der Waals surface area contributed by atoms with Crippen molar-refractivity contribution in [3.05, 3.63) is 78.4 Å². The summed E-state index contributed by atoms with van der Waals surface area (Å²) in [5.41, 5.74) is 4.37. The Kier molecular flexibility index (Phi) is 13.6. The van der Waals surface area contributed by atoms with Crippen molar-refractivity contribution in [3.8, 4) is 5.75 Å². The van der Waals surface area contributed by atoms with E-state index in [0.29, 0.717) is 11.4 Å². The van der Waals surface area contributed by atoms with Gasteiger partial charge in [0.2, 0.25) is 0 Å². The molecule has 0 radical (unpaired) electrons. The van der Waals surface area contributed by atoms with E-state index in [2.05, 4.69) is 46.4 Å². The molecule has 1 aliphatic carbocycles. The third kappa shape index (κ3) is 11.5. The number of carbonyl (C=O) groups excluding carboxylic acids is 1. The lowest BCUT2D eigenvalue weighted by atomic mass is 9.80. The fourth-order valence-electron chi connectivity index (χ4n) is 5.63. The summed E-state index contributed by atoms with van der Waals surface area (Å²) in [6.45, 7) is 4.49. The molecule has 0 bridgehead atoms. The summed E-state index contributed by atoms with van der Waals surface area (Å²) in [4.78, 5) is 12.7. The van der Waals surface area contributed by atoms with Gasteiger partial charge in [0.15, 0.2) is 0 Å². The molecule has 0 spiro atoms. The number of hydrogen-bond donors (Lipinski definition) is 0. The number of nitrogens with zero attached hydrogens (tertiary/aromatic N) is 4. The van der Waals surface area contributed by atoms with Crippen molar-refractivity contribution in [2.75, 3.05) is 0 Å². The molecule has 3 aromatic rings. The molecular formula is C37H48N4O2. The number of aryl methyl sites for hydroxylation is 1. The summed E-state index contributed by atoms with van der Waals surface area (Å²) in [6, 6.07) is 23.0. The quantitative estimate of drug-likeness (QED) is 0.0731. The van der Waals surface area contributed by atoms with E-state index in [1.54, 1.807) is 12.1 Å². The van der Waals surface area contributed by atoms with E-state index in [1.165, 1.54) is 63.4 Å². The van der Waals surface area contributed by atoms with Gasteiger partial charge in [0, 0.05) is 0 Å². The second-order valence-corrected chi connectivity index (χ2v) is 11.9. The number of azo groups is 2. The van der Waals surface area contributed by atoms with Crippen LogP contribution in [0.5, 0.6) is 5.75 Å². The molecule has 6 heteroatoms. The van der Waals surface area contributed by atoms with Crippen LogP contribution in [0.3, 0.4) is 0 Å².